The lowest BCUT2D eigenvalue weighted by molar-refractivity contribution is -0.151. The fourth-order valence-electron chi connectivity index (χ4n) is 4.05. The molecular formula is C11H14O2S. The molecule has 0 spiro atoms. The molecule has 1 N–H and O–H groups in total. The lowest BCUT2D eigenvalue weighted by Crippen LogP contribution is -2.56. The van der Waals surface area contributed by atoms with Crippen LogP contribution in [0.3, 0.4) is 0 Å². The quantitative estimate of drug-likeness (QED) is 0.675. The third-order valence-corrected chi connectivity index (χ3v) is 5.15. The van der Waals surface area contributed by atoms with Crippen molar-refractivity contribution in [3.05, 3.63) is 0 Å². The van der Waals surface area contributed by atoms with Crippen LogP contribution in [0.25, 0.3) is 0 Å². The molecule has 76 valence electrons. The number of aliphatic carboxylic acids is 1. The Morgan fingerprint density at radius 2 is 1.86 bits per heavy atom. The molecule has 4 aliphatic rings. The van der Waals surface area contributed by atoms with E-state index in [2.05, 4.69) is 0 Å². The van der Waals surface area contributed by atoms with Crippen molar-refractivity contribution < 1.29 is 9.90 Å². The molecule has 0 aliphatic heterocycles. The first-order valence-electron chi connectivity index (χ1n) is 5.39. The van der Waals surface area contributed by atoms with Crippen LogP contribution in [0.1, 0.15) is 32.1 Å². The third-order valence-electron chi connectivity index (χ3n) is 4.43. The van der Waals surface area contributed by atoms with Crippen LogP contribution < -0.4 is 0 Å². The number of carboxylic acids is 1. The maximum atomic E-state index is 11.4. The smallest absolute Gasteiger partial charge is 0.314 e. The molecule has 0 heterocycles. The van der Waals surface area contributed by atoms with E-state index in [9.17, 15) is 9.90 Å². The molecule has 2 nitrogen and oxygen atoms in total. The van der Waals surface area contributed by atoms with Crippen molar-refractivity contribution in [2.24, 2.45) is 23.2 Å². The van der Waals surface area contributed by atoms with E-state index in [0.29, 0.717) is 17.8 Å². The zero-order valence-electron chi connectivity index (χ0n) is 8.03. The minimum atomic E-state index is -0.651. The van der Waals surface area contributed by atoms with Gasteiger partial charge in [-0.25, -0.2) is 0 Å². The van der Waals surface area contributed by atoms with Crippen LogP contribution in [0.5, 0.6) is 0 Å². The van der Waals surface area contributed by atoms with Crippen LogP contribution in [-0.2, 0) is 4.79 Å². The number of carboxylic acid groups (broad SMARTS) is 1. The molecule has 0 aromatic carbocycles. The number of hydrogen-bond donors (Lipinski definition) is 1. The van der Waals surface area contributed by atoms with Crippen LogP contribution in [0, 0.1) is 23.2 Å². The van der Waals surface area contributed by atoms with Gasteiger partial charge in [0.05, 0.1) is 5.41 Å². The van der Waals surface area contributed by atoms with Gasteiger partial charge in [-0.3, -0.25) is 4.79 Å². The second-order valence-electron chi connectivity index (χ2n) is 5.30. The molecule has 0 radical (unpaired) electrons. The Balaban J connectivity index is 2.05. The van der Waals surface area contributed by atoms with Crippen LogP contribution >= 0.6 is 12.2 Å². The molecule has 3 heteroatoms. The summed E-state index contributed by atoms with van der Waals surface area (Å²) in [6.07, 6.45) is 5.26. The summed E-state index contributed by atoms with van der Waals surface area (Å²) in [5.41, 5.74) is -0.593. The Labute approximate surface area is 88.7 Å². The Morgan fingerprint density at radius 1 is 1.29 bits per heavy atom. The summed E-state index contributed by atoms with van der Waals surface area (Å²) in [7, 11) is 0. The van der Waals surface area contributed by atoms with Gasteiger partial charge in [-0.15, -0.1) is 0 Å². The molecular weight excluding hydrogens is 196 g/mol. The van der Waals surface area contributed by atoms with Gasteiger partial charge in [0.25, 0.3) is 0 Å². The van der Waals surface area contributed by atoms with Crippen molar-refractivity contribution in [2.45, 2.75) is 32.1 Å². The monoisotopic (exact) mass is 210 g/mol. The molecule has 2 atom stereocenters. The summed E-state index contributed by atoms with van der Waals surface area (Å²) in [4.78, 5) is 12.2. The molecule has 0 aromatic heterocycles. The van der Waals surface area contributed by atoms with Crippen LogP contribution in [-0.4, -0.2) is 15.9 Å². The average Bonchev–Trinajstić information content (AvgIpc) is 2.12. The molecule has 0 amide bonds. The number of hydrogen-bond acceptors (Lipinski definition) is 2. The van der Waals surface area contributed by atoms with Crippen molar-refractivity contribution in [3.63, 3.8) is 0 Å². The van der Waals surface area contributed by atoms with Crippen molar-refractivity contribution in [3.8, 4) is 0 Å². The largest absolute Gasteiger partial charge is 0.481 e. The molecule has 2 unspecified atom stereocenters. The van der Waals surface area contributed by atoms with Crippen molar-refractivity contribution in [1.29, 1.82) is 0 Å². The highest BCUT2D eigenvalue weighted by Crippen LogP contribution is 2.58. The average molecular weight is 210 g/mol. The van der Waals surface area contributed by atoms with E-state index in [1.807, 2.05) is 0 Å². The van der Waals surface area contributed by atoms with Crippen LogP contribution in [0.4, 0.5) is 0 Å². The maximum Gasteiger partial charge on any atom is 0.314 e. The summed E-state index contributed by atoms with van der Waals surface area (Å²) in [6.45, 7) is 0. The first-order valence-corrected chi connectivity index (χ1v) is 5.80. The van der Waals surface area contributed by atoms with E-state index in [1.165, 1.54) is 19.3 Å². The zero-order chi connectivity index (χ0) is 9.92. The Bertz CT molecular complexity index is 309. The summed E-state index contributed by atoms with van der Waals surface area (Å²) in [6, 6.07) is 0. The van der Waals surface area contributed by atoms with E-state index in [4.69, 9.17) is 12.2 Å². The molecule has 0 saturated heterocycles. The van der Waals surface area contributed by atoms with E-state index < -0.39 is 11.4 Å². The van der Waals surface area contributed by atoms with Gasteiger partial charge >= 0.3 is 5.97 Å². The molecule has 4 saturated carbocycles. The second kappa shape index (κ2) is 2.57. The third kappa shape index (κ3) is 0.914. The lowest BCUT2D eigenvalue weighted by Gasteiger charge is -2.55. The predicted octanol–water partition coefficient (Wildman–Crippen LogP) is 2.27. The SMILES string of the molecule is O=C(O)C12CC3CC(CC(C3)C1=S)C2. The number of rotatable bonds is 1. The summed E-state index contributed by atoms with van der Waals surface area (Å²) in [5.74, 6) is 1.10. The Kier molecular flexibility index (Phi) is 1.62. The maximum absolute atomic E-state index is 11.4. The first-order chi connectivity index (χ1) is 6.62. The summed E-state index contributed by atoms with van der Waals surface area (Å²) < 4.78 is 0. The van der Waals surface area contributed by atoms with Gasteiger partial charge in [0.1, 0.15) is 0 Å². The summed E-state index contributed by atoms with van der Waals surface area (Å²) >= 11 is 5.38. The van der Waals surface area contributed by atoms with Gasteiger partial charge in [-0.2, -0.15) is 0 Å². The Hall–Kier alpha value is -0.440. The molecule has 14 heavy (non-hydrogen) atoms. The normalized spacial score (nSPS) is 49.7. The predicted molar refractivity (Wildman–Crippen MR) is 56.2 cm³/mol. The minimum absolute atomic E-state index is 0.451. The molecule has 4 rings (SSSR count). The van der Waals surface area contributed by atoms with Gasteiger partial charge in [-0.05, 0) is 49.9 Å². The standard InChI is InChI=1S/C11H14O2S/c12-10(13)11-4-6-1-7(5-11)3-8(2-6)9(11)14/h6-8H,1-5H2,(H,12,13). The lowest BCUT2D eigenvalue weighted by atomic mass is 9.49. The molecule has 4 bridgehead atoms. The van der Waals surface area contributed by atoms with Gasteiger partial charge in [0.15, 0.2) is 0 Å². The van der Waals surface area contributed by atoms with Crippen molar-refractivity contribution >= 4 is 23.1 Å². The molecule has 0 aromatic rings. The van der Waals surface area contributed by atoms with Gasteiger partial charge in [0.2, 0.25) is 0 Å². The second-order valence-corrected chi connectivity index (χ2v) is 5.74. The fourth-order valence-corrected chi connectivity index (χ4v) is 4.50. The Morgan fingerprint density at radius 3 is 2.36 bits per heavy atom. The molecule has 4 fully saturated rings. The van der Waals surface area contributed by atoms with Crippen molar-refractivity contribution in [1.82, 2.24) is 0 Å². The van der Waals surface area contributed by atoms with E-state index in [0.717, 1.165) is 17.7 Å². The highest BCUT2D eigenvalue weighted by molar-refractivity contribution is 7.80. The number of thiocarbonyl (C=S) groups is 1. The fraction of sp³-hybridized carbons (Fsp3) is 0.818. The number of carbonyl (C=O) groups is 1. The van der Waals surface area contributed by atoms with Crippen LogP contribution in [0.2, 0.25) is 0 Å². The zero-order valence-corrected chi connectivity index (χ0v) is 8.85. The van der Waals surface area contributed by atoms with Crippen LogP contribution in [0.15, 0.2) is 0 Å². The van der Waals surface area contributed by atoms with E-state index in [1.54, 1.807) is 0 Å². The summed E-state index contributed by atoms with van der Waals surface area (Å²) in [5, 5.41) is 9.36. The topological polar surface area (TPSA) is 37.3 Å². The van der Waals surface area contributed by atoms with Gasteiger partial charge < -0.3 is 5.11 Å². The first kappa shape index (κ1) is 8.84. The van der Waals surface area contributed by atoms with Crippen molar-refractivity contribution in [2.75, 3.05) is 0 Å². The van der Waals surface area contributed by atoms with Gasteiger partial charge in [-0.1, -0.05) is 12.2 Å². The van der Waals surface area contributed by atoms with E-state index >= 15 is 0 Å². The van der Waals surface area contributed by atoms with E-state index in [-0.39, 0.29) is 0 Å². The van der Waals surface area contributed by atoms with Gasteiger partial charge in [0, 0.05) is 4.86 Å². The molecule has 4 aliphatic carbocycles. The highest BCUT2D eigenvalue weighted by atomic mass is 32.1. The minimum Gasteiger partial charge on any atom is -0.481 e. The highest BCUT2D eigenvalue weighted by Gasteiger charge is 2.58.